The maximum atomic E-state index is 10.4. The fraction of sp³-hybridized carbons (Fsp3) is 0.900. The Bertz CT molecular complexity index is 187. The van der Waals surface area contributed by atoms with Crippen LogP contribution in [-0.2, 0) is 4.79 Å². The van der Waals surface area contributed by atoms with Crippen LogP contribution in [0, 0.1) is 0 Å². The Morgan fingerprint density at radius 1 is 1.29 bits per heavy atom. The van der Waals surface area contributed by atoms with Gasteiger partial charge >= 0.3 is 5.97 Å². The van der Waals surface area contributed by atoms with Crippen molar-refractivity contribution in [2.24, 2.45) is 0 Å². The maximum absolute atomic E-state index is 10.4. The first-order chi connectivity index (χ1) is 6.59. The van der Waals surface area contributed by atoms with E-state index in [-0.39, 0.29) is 6.42 Å². The number of carbonyl (C=O) groups is 1. The molecule has 82 valence electrons. The van der Waals surface area contributed by atoms with Crippen LogP contribution in [0.25, 0.3) is 0 Å². The summed E-state index contributed by atoms with van der Waals surface area (Å²) in [6.07, 6.45) is 0.266. The maximum Gasteiger partial charge on any atom is 0.304 e. The van der Waals surface area contributed by atoms with Gasteiger partial charge in [-0.15, -0.1) is 0 Å². The Morgan fingerprint density at radius 2 is 1.86 bits per heavy atom. The molecule has 0 aliphatic carbocycles. The highest BCUT2D eigenvalue weighted by Gasteiger charge is 2.18. The lowest BCUT2D eigenvalue weighted by Gasteiger charge is -2.36. The molecule has 0 bridgehead atoms. The Hall–Kier alpha value is -0.610. The van der Waals surface area contributed by atoms with E-state index in [1.54, 1.807) is 0 Å². The van der Waals surface area contributed by atoms with Gasteiger partial charge in [0.2, 0.25) is 0 Å². The Labute approximate surface area is 85.5 Å². The molecular formula is C10H20N2O2. The van der Waals surface area contributed by atoms with Gasteiger partial charge in [-0.1, -0.05) is 0 Å². The molecule has 0 unspecified atom stereocenters. The predicted molar refractivity (Wildman–Crippen MR) is 55.4 cm³/mol. The normalized spacial score (nSPS) is 20.2. The van der Waals surface area contributed by atoms with Crippen LogP contribution in [0.4, 0.5) is 0 Å². The molecule has 0 aromatic rings. The Balaban J connectivity index is 2.19. The highest BCUT2D eigenvalue weighted by Crippen LogP contribution is 2.05. The zero-order valence-electron chi connectivity index (χ0n) is 9.07. The van der Waals surface area contributed by atoms with E-state index in [1.807, 2.05) is 0 Å². The van der Waals surface area contributed by atoms with E-state index < -0.39 is 5.97 Å². The molecule has 1 fully saturated rings. The zero-order chi connectivity index (χ0) is 10.6. The number of carboxylic acid groups (broad SMARTS) is 1. The third kappa shape index (κ3) is 3.64. The van der Waals surface area contributed by atoms with Crippen molar-refractivity contribution in [1.29, 1.82) is 0 Å². The average Bonchev–Trinajstić information content (AvgIpc) is 2.15. The van der Waals surface area contributed by atoms with Crippen LogP contribution < -0.4 is 0 Å². The van der Waals surface area contributed by atoms with Gasteiger partial charge in [0.05, 0.1) is 6.42 Å². The van der Waals surface area contributed by atoms with Crippen molar-refractivity contribution >= 4 is 5.97 Å². The molecule has 1 saturated heterocycles. The van der Waals surface area contributed by atoms with Gasteiger partial charge in [-0.2, -0.15) is 0 Å². The summed E-state index contributed by atoms with van der Waals surface area (Å²) in [6, 6.07) is 0.608. The number of hydrogen-bond acceptors (Lipinski definition) is 3. The van der Waals surface area contributed by atoms with Crippen molar-refractivity contribution in [2.75, 3.05) is 32.7 Å². The standard InChI is InChI=1S/C10H20N2O2/c1-9(2)12-7-5-11(6-8-12)4-3-10(13)14/h9H,3-8H2,1-2H3,(H,13,14). The van der Waals surface area contributed by atoms with Crippen molar-refractivity contribution in [3.8, 4) is 0 Å². The van der Waals surface area contributed by atoms with Gasteiger partial charge in [0.1, 0.15) is 0 Å². The smallest absolute Gasteiger partial charge is 0.304 e. The minimum Gasteiger partial charge on any atom is -0.481 e. The second-order valence-electron chi connectivity index (χ2n) is 4.12. The lowest BCUT2D eigenvalue weighted by atomic mass is 10.2. The minimum atomic E-state index is -0.698. The molecular weight excluding hydrogens is 180 g/mol. The number of rotatable bonds is 4. The highest BCUT2D eigenvalue weighted by atomic mass is 16.4. The van der Waals surface area contributed by atoms with Crippen molar-refractivity contribution < 1.29 is 9.90 Å². The topological polar surface area (TPSA) is 43.8 Å². The Morgan fingerprint density at radius 3 is 2.29 bits per heavy atom. The molecule has 1 aliphatic heterocycles. The first-order valence-electron chi connectivity index (χ1n) is 5.28. The van der Waals surface area contributed by atoms with Crippen LogP contribution in [-0.4, -0.2) is 59.6 Å². The Kier molecular flexibility index (Phi) is 4.35. The molecule has 14 heavy (non-hydrogen) atoms. The van der Waals surface area contributed by atoms with Crippen LogP contribution >= 0.6 is 0 Å². The van der Waals surface area contributed by atoms with Gasteiger partial charge in [0.25, 0.3) is 0 Å². The van der Waals surface area contributed by atoms with E-state index in [0.29, 0.717) is 12.6 Å². The molecule has 1 aliphatic rings. The molecule has 4 heteroatoms. The monoisotopic (exact) mass is 200 g/mol. The number of hydrogen-bond donors (Lipinski definition) is 1. The zero-order valence-corrected chi connectivity index (χ0v) is 9.07. The van der Waals surface area contributed by atoms with Gasteiger partial charge < -0.3 is 10.0 Å². The summed E-state index contributed by atoms with van der Waals surface area (Å²) in [7, 11) is 0. The molecule has 0 atom stereocenters. The summed E-state index contributed by atoms with van der Waals surface area (Å²) < 4.78 is 0. The molecule has 0 aromatic heterocycles. The average molecular weight is 200 g/mol. The van der Waals surface area contributed by atoms with E-state index in [9.17, 15) is 4.79 Å². The molecule has 0 aromatic carbocycles. The van der Waals surface area contributed by atoms with Crippen molar-refractivity contribution in [1.82, 2.24) is 9.80 Å². The first-order valence-corrected chi connectivity index (χ1v) is 5.28. The number of aliphatic carboxylic acids is 1. The van der Waals surface area contributed by atoms with Gasteiger partial charge in [0, 0.05) is 38.8 Å². The van der Waals surface area contributed by atoms with Gasteiger partial charge in [-0.25, -0.2) is 0 Å². The third-order valence-electron chi connectivity index (χ3n) is 2.78. The largest absolute Gasteiger partial charge is 0.481 e. The molecule has 0 radical (unpaired) electrons. The summed E-state index contributed by atoms with van der Waals surface area (Å²) in [5.74, 6) is -0.698. The van der Waals surface area contributed by atoms with E-state index in [1.165, 1.54) is 0 Å². The van der Waals surface area contributed by atoms with Gasteiger partial charge in [0.15, 0.2) is 0 Å². The van der Waals surface area contributed by atoms with E-state index >= 15 is 0 Å². The SMILES string of the molecule is CC(C)N1CCN(CCC(=O)O)CC1. The number of nitrogens with zero attached hydrogens (tertiary/aromatic N) is 2. The van der Waals surface area contributed by atoms with E-state index in [4.69, 9.17) is 5.11 Å². The lowest BCUT2D eigenvalue weighted by molar-refractivity contribution is -0.137. The summed E-state index contributed by atoms with van der Waals surface area (Å²) in [4.78, 5) is 15.0. The second-order valence-corrected chi connectivity index (χ2v) is 4.12. The van der Waals surface area contributed by atoms with Crippen LogP contribution in [0.2, 0.25) is 0 Å². The fourth-order valence-corrected chi connectivity index (χ4v) is 1.76. The molecule has 0 amide bonds. The summed E-state index contributed by atoms with van der Waals surface area (Å²) >= 11 is 0. The number of piperazine rings is 1. The molecule has 0 spiro atoms. The van der Waals surface area contributed by atoms with Crippen molar-refractivity contribution in [3.05, 3.63) is 0 Å². The number of carboxylic acids is 1. The molecule has 0 saturated carbocycles. The van der Waals surface area contributed by atoms with Crippen LogP contribution in [0.3, 0.4) is 0 Å². The predicted octanol–water partition coefficient (Wildman–Crippen LogP) is 0.487. The van der Waals surface area contributed by atoms with Crippen LogP contribution in [0.15, 0.2) is 0 Å². The van der Waals surface area contributed by atoms with Crippen molar-refractivity contribution in [2.45, 2.75) is 26.3 Å². The van der Waals surface area contributed by atoms with Gasteiger partial charge in [-0.05, 0) is 13.8 Å². The molecule has 1 N–H and O–H groups in total. The summed E-state index contributed by atoms with van der Waals surface area (Å²) in [5, 5.41) is 8.55. The highest BCUT2D eigenvalue weighted by molar-refractivity contribution is 5.66. The fourth-order valence-electron chi connectivity index (χ4n) is 1.76. The van der Waals surface area contributed by atoms with Crippen LogP contribution in [0.1, 0.15) is 20.3 Å². The third-order valence-corrected chi connectivity index (χ3v) is 2.78. The van der Waals surface area contributed by atoms with Crippen molar-refractivity contribution in [3.63, 3.8) is 0 Å². The summed E-state index contributed by atoms with van der Waals surface area (Å²) in [5.41, 5.74) is 0. The van der Waals surface area contributed by atoms with E-state index in [2.05, 4.69) is 23.6 Å². The quantitative estimate of drug-likeness (QED) is 0.717. The molecule has 1 heterocycles. The van der Waals surface area contributed by atoms with E-state index in [0.717, 1.165) is 26.2 Å². The summed E-state index contributed by atoms with van der Waals surface area (Å²) in [6.45, 7) is 9.24. The lowest BCUT2D eigenvalue weighted by Crippen LogP contribution is -2.49. The molecule has 1 rings (SSSR count). The van der Waals surface area contributed by atoms with Gasteiger partial charge in [-0.3, -0.25) is 9.69 Å². The van der Waals surface area contributed by atoms with Crippen LogP contribution in [0.5, 0.6) is 0 Å². The molecule has 4 nitrogen and oxygen atoms in total. The first kappa shape index (κ1) is 11.5. The second kappa shape index (κ2) is 5.32. The minimum absolute atomic E-state index is 0.266.